The van der Waals surface area contributed by atoms with Crippen molar-refractivity contribution in [3.05, 3.63) is 56.2 Å². The van der Waals surface area contributed by atoms with Crippen molar-refractivity contribution in [2.45, 2.75) is 117 Å². The fraction of sp³-hybridized carbons (Fsp3) is 0.633. The van der Waals surface area contributed by atoms with E-state index in [-0.39, 0.29) is 11.4 Å². The molecule has 0 fully saturated rings. The molecule has 0 spiro atoms. The van der Waals surface area contributed by atoms with Crippen LogP contribution in [0.15, 0.2) is 38.8 Å². The predicted octanol–water partition coefficient (Wildman–Crippen LogP) is 7.22. The highest BCUT2D eigenvalue weighted by Gasteiger charge is 2.15. The molecule has 0 saturated heterocycles. The average molecular weight is 498 g/mol. The van der Waals surface area contributed by atoms with E-state index in [1.807, 2.05) is 19.1 Å². The Labute approximate surface area is 216 Å². The van der Waals surface area contributed by atoms with Gasteiger partial charge < -0.3 is 5.11 Å². The number of H-pyrrole nitrogens is 1. The molecule has 0 aliphatic rings. The molecular formula is C30H47N3O3. The van der Waals surface area contributed by atoms with Gasteiger partial charge in [0, 0.05) is 12.8 Å². The van der Waals surface area contributed by atoms with Crippen LogP contribution < -0.4 is 11.2 Å². The molecule has 0 amide bonds. The van der Waals surface area contributed by atoms with Gasteiger partial charge in [-0.3, -0.25) is 14.8 Å². The molecule has 1 aromatic carbocycles. The first-order valence-corrected chi connectivity index (χ1v) is 14.2. The van der Waals surface area contributed by atoms with Crippen LogP contribution >= 0.6 is 0 Å². The van der Waals surface area contributed by atoms with E-state index in [0.717, 1.165) is 23.0 Å². The Kier molecular flexibility index (Phi) is 14.6. The number of nitrogens with one attached hydrogen (secondary N) is 1. The van der Waals surface area contributed by atoms with Crippen LogP contribution in [0.1, 0.15) is 121 Å². The second-order valence-corrected chi connectivity index (χ2v) is 9.96. The summed E-state index contributed by atoms with van der Waals surface area (Å²) in [6.45, 7) is 4.71. The molecule has 0 atom stereocenters. The molecule has 0 radical (unpaired) electrons. The summed E-state index contributed by atoms with van der Waals surface area (Å²) in [5.41, 5.74) is 0.0656. The van der Waals surface area contributed by atoms with Crippen LogP contribution in [0.4, 0.5) is 0 Å². The maximum atomic E-state index is 12.3. The summed E-state index contributed by atoms with van der Waals surface area (Å²) in [6, 6.07) is 7.21. The van der Waals surface area contributed by atoms with Crippen LogP contribution in [0, 0.1) is 6.92 Å². The number of benzene rings is 1. The summed E-state index contributed by atoms with van der Waals surface area (Å²) in [5, 5.41) is 10.6. The number of aryl methyl sites for hydroxylation is 1. The molecule has 0 unspecified atom stereocenters. The molecule has 0 bridgehead atoms. The van der Waals surface area contributed by atoms with Crippen molar-refractivity contribution >= 4 is 6.21 Å². The molecule has 2 N–H and O–H groups in total. The highest BCUT2D eigenvalue weighted by atomic mass is 16.3. The van der Waals surface area contributed by atoms with Crippen molar-refractivity contribution in [2.24, 2.45) is 4.99 Å². The van der Waals surface area contributed by atoms with Gasteiger partial charge in [-0.25, -0.2) is 9.36 Å². The Balaban J connectivity index is 1.59. The molecule has 200 valence electrons. The number of unbranched alkanes of at least 4 members (excludes halogenated alkanes) is 15. The van der Waals surface area contributed by atoms with Gasteiger partial charge in [-0.15, -0.1) is 0 Å². The Morgan fingerprint density at radius 1 is 0.806 bits per heavy atom. The highest BCUT2D eigenvalue weighted by Crippen LogP contribution is 2.18. The van der Waals surface area contributed by atoms with Crippen molar-refractivity contribution < 1.29 is 5.11 Å². The van der Waals surface area contributed by atoms with Crippen LogP contribution in [0.2, 0.25) is 0 Å². The number of nitrogens with zero attached hydrogens (tertiary/aromatic N) is 2. The van der Waals surface area contributed by atoms with Gasteiger partial charge in [-0.2, -0.15) is 0 Å². The second-order valence-electron chi connectivity index (χ2n) is 9.96. The second kappa shape index (κ2) is 17.7. The summed E-state index contributed by atoms with van der Waals surface area (Å²) in [7, 11) is 0. The Morgan fingerprint density at radius 3 is 1.83 bits per heavy atom. The number of hydrogen-bond acceptors (Lipinski definition) is 4. The zero-order valence-electron chi connectivity index (χ0n) is 22.6. The van der Waals surface area contributed by atoms with Crippen LogP contribution in [0.25, 0.3) is 5.69 Å². The molecular weight excluding hydrogens is 450 g/mol. The van der Waals surface area contributed by atoms with E-state index in [9.17, 15) is 14.7 Å². The summed E-state index contributed by atoms with van der Waals surface area (Å²) in [4.78, 5) is 31.1. The normalized spacial score (nSPS) is 11.5. The Bertz CT molecular complexity index is 1020. The van der Waals surface area contributed by atoms with Crippen molar-refractivity contribution in [1.82, 2.24) is 9.55 Å². The van der Waals surface area contributed by atoms with E-state index < -0.39 is 11.2 Å². The fourth-order valence-corrected chi connectivity index (χ4v) is 4.60. The van der Waals surface area contributed by atoms with Gasteiger partial charge in [0.15, 0.2) is 0 Å². The molecule has 2 rings (SSSR count). The number of aromatic amines is 1. The molecule has 36 heavy (non-hydrogen) atoms. The summed E-state index contributed by atoms with van der Waals surface area (Å²) in [5.74, 6) is -0.381. The smallest absolute Gasteiger partial charge is 0.335 e. The minimum Gasteiger partial charge on any atom is -0.493 e. The van der Waals surface area contributed by atoms with Gasteiger partial charge >= 0.3 is 5.69 Å². The van der Waals surface area contributed by atoms with Gasteiger partial charge in [0.1, 0.15) is 5.56 Å². The van der Waals surface area contributed by atoms with Crippen molar-refractivity contribution in [1.29, 1.82) is 0 Å². The first kappa shape index (κ1) is 29.6. The third-order valence-corrected chi connectivity index (χ3v) is 6.84. The molecule has 6 heteroatoms. The van der Waals surface area contributed by atoms with Gasteiger partial charge in [0.2, 0.25) is 5.88 Å². The van der Waals surface area contributed by atoms with Crippen molar-refractivity contribution in [3.8, 4) is 11.6 Å². The lowest BCUT2D eigenvalue weighted by Gasteiger charge is -2.11. The van der Waals surface area contributed by atoms with Gasteiger partial charge in [0.25, 0.3) is 5.56 Å². The molecule has 1 heterocycles. The number of hydrogen-bond donors (Lipinski definition) is 2. The molecule has 0 saturated carbocycles. The minimum absolute atomic E-state index is 0.00865. The topological polar surface area (TPSA) is 87.4 Å². The van der Waals surface area contributed by atoms with E-state index in [0.29, 0.717) is 12.2 Å². The summed E-state index contributed by atoms with van der Waals surface area (Å²) in [6.07, 6.45) is 22.5. The number of aromatic hydroxyl groups is 1. The number of aromatic nitrogens is 2. The number of aliphatic imine (C=N–C) groups is 1. The monoisotopic (exact) mass is 497 g/mol. The maximum Gasteiger partial charge on any atom is 0.335 e. The Hall–Kier alpha value is -2.63. The lowest BCUT2D eigenvalue weighted by Crippen LogP contribution is -2.31. The minimum atomic E-state index is -0.665. The number of rotatable bonds is 19. The first-order valence-electron chi connectivity index (χ1n) is 14.2. The SMILES string of the molecule is CCCCCCCCCCCCCCCCCCN=Cc1c(O)n(-c2ccccc2C)c(=O)[nH]c1=O. The third kappa shape index (κ3) is 10.5. The molecule has 6 nitrogen and oxygen atoms in total. The lowest BCUT2D eigenvalue weighted by atomic mass is 10.0. The maximum absolute atomic E-state index is 12.3. The van der Waals surface area contributed by atoms with Crippen LogP contribution in [-0.2, 0) is 0 Å². The van der Waals surface area contributed by atoms with E-state index in [1.54, 1.807) is 12.1 Å². The van der Waals surface area contributed by atoms with E-state index in [4.69, 9.17) is 0 Å². The molecule has 2 aromatic rings. The summed E-state index contributed by atoms with van der Waals surface area (Å²) < 4.78 is 1.12. The predicted molar refractivity (Wildman–Crippen MR) is 151 cm³/mol. The third-order valence-electron chi connectivity index (χ3n) is 6.84. The molecule has 0 aliphatic carbocycles. The first-order chi connectivity index (χ1) is 17.6. The van der Waals surface area contributed by atoms with Crippen molar-refractivity contribution in [3.63, 3.8) is 0 Å². The van der Waals surface area contributed by atoms with E-state index in [1.165, 1.54) is 96.1 Å². The van der Waals surface area contributed by atoms with E-state index in [2.05, 4.69) is 16.9 Å². The average Bonchev–Trinajstić information content (AvgIpc) is 2.86. The summed E-state index contributed by atoms with van der Waals surface area (Å²) >= 11 is 0. The molecule has 0 aliphatic heterocycles. The van der Waals surface area contributed by atoms with Gasteiger partial charge in [-0.1, -0.05) is 121 Å². The van der Waals surface area contributed by atoms with Crippen LogP contribution in [0.5, 0.6) is 5.88 Å². The Morgan fingerprint density at radius 2 is 1.31 bits per heavy atom. The quantitative estimate of drug-likeness (QED) is 0.159. The van der Waals surface area contributed by atoms with Crippen molar-refractivity contribution in [2.75, 3.05) is 6.54 Å². The van der Waals surface area contributed by atoms with Crippen LogP contribution in [0.3, 0.4) is 0 Å². The molecule has 1 aromatic heterocycles. The number of para-hydroxylation sites is 1. The largest absolute Gasteiger partial charge is 0.493 e. The van der Waals surface area contributed by atoms with Gasteiger partial charge in [0.05, 0.1) is 5.69 Å². The van der Waals surface area contributed by atoms with Gasteiger partial charge in [-0.05, 0) is 25.0 Å². The van der Waals surface area contributed by atoms with E-state index >= 15 is 0 Å². The van der Waals surface area contributed by atoms with Crippen LogP contribution in [-0.4, -0.2) is 27.4 Å². The standard InChI is InChI=1S/C30H47N3O3/c1-3-4-5-6-7-8-9-10-11-12-13-14-15-16-17-20-23-31-24-26-28(34)32-30(36)33(29(26)35)27-22-19-18-21-25(27)2/h18-19,21-22,24,35H,3-17,20,23H2,1-2H3,(H,32,34,36). The zero-order valence-corrected chi connectivity index (χ0v) is 22.6. The lowest BCUT2D eigenvalue weighted by molar-refractivity contribution is 0.430. The fourth-order valence-electron chi connectivity index (χ4n) is 4.60. The zero-order chi connectivity index (χ0) is 26.0. The highest BCUT2D eigenvalue weighted by molar-refractivity contribution is 5.82.